The first-order valence-electron chi connectivity index (χ1n) is 6.92. The van der Waals surface area contributed by atoms with Crippen molar-refractivity contribution in [1.29, 1.82) is 0 Å². The zero-order valence-corrected chi connectivity index (χ0v) is 13.9. The van der Waals surface area contributed by atoms with Gasteiger partial charge in [-0.05, 0) is 29.8 Å². The number of nitrogens with two attached hydrogens (primary N) is 1. The van der Waals surface area contributed by atoms with E-state index in [0.717, 1.165) is 5.56 Å². The van der Waals surface area contributed by atoms with E-state index in [4.69, 9.17) is 16.7 Å². The highest BCUT2D eigenvalue weighted by Gasteiger charge is 2.16. The van der Waals surface area contributed by atoms with Crippen molar-refractivity contribution in [2.75, 3.05) is 10.6 Å². The molecule has 10 heteroatoms. The second-order valence-electron chi connectivity index (χ2n) is 5.12. The van der Waals surface area contributed by atoms with E-state index in [-0.39, 0.29) is 10.5 Å². The summed E-state index contributed by atoms with van der Waals surface area (Å²) in [6.07, 6.45) is 3.36. The number of nitrogens with zero attached hydrogens (tertiary/aromatic N) is 1. The first-order valence-corrected chi connectivity index (χ1v) is 8.90. The third-order valence-corrected chi connectivity index (χ3v) is 4.55. The molecule has 2 aromatic rings. The fourth-order valence-corrected chi connectivity index (χ4v) is 2.88. The largest absolute Gasteiger partial charge is 0.360 e. The summed E-state index contributed by atoms with van der Waals surface area (Å²) in [7, 11) is -3.71. The fourth-order valence-electron chi connectivity index (χ4n) is 2.18. The van der Waals surface area contributed by atoms with Crippen molar-refractivity contribution >= 4 is 39.3 Å². The lowest BCUT2D eigenvalue weighted by atomic mass is 10.2. The molecule has 1 unspecified atom stereocenters. The molecule has 0 amide bonds. The van der Waals surface area contributed by atoms with Crippen LogP contribution < -0.4 is 21.3 Å². The van der Waals surface area contributed by atoms with Gasteiger partial charge in [0.15, 0.2) is 0 Å². The standard InChI is InChI=1S/C14H14ClN5O3S/c15-11-6-5-10-12(19-11)13(21)20-14(18-10)17-7-8-1-3-9(4-2-8)24(16,22)23/h1-6,11,19H,7H2,(H2,16,22,23)(H2,17,18,20,21). The summed E-state index contributed by atoms with van der Waals surface area (Å²) in [5.41, 5.74) is 0.833. The molecule has 8 nitrogen and oxygen atoms in total. The van der Waals surface area contributed by atoms with Crippen molar-refractivity contribution in [3.63, 3.8) is 0 Å². The first kappa shape index (κ1) is 16.5. The summed E-state index contributed by atoms with van der Waals surface area (Å²) in [6, 6.07) is 6.09. The van der Waals surface area contributed by atoms with Crippen LogP contribution in [0.3, 0.4) is 0 Å². The number of fused-ring (bicyclic) bond motifs is 1. The van der Waals surface area contributed by atoms with Crippen LogP contribution in [-0.4, -0.2) is 23.9 Å². The van der Waals surface area contributed by atoms with Gasteiger partial charge in [0.1, 0.15) is 11.2 Å². The van der Waals surface area contributed by atoms with E-state index >= 15 is 0 Å². The average molecular weight is 368 g/mol. The molecule has 0 aliphatic carbocycles. The summed E-state index contributed by atoms with van der Waals surface area (Å²) in [5.74, 6) is 0.300. The van der Waals surface area contributed by atoms with Crippen LogP contribution in [0.15, 0.2) is 40.0 Å². The molecular weight excluding hydrogens is 354 g/mol. The summed E-state index contributed by atoms with van der Waals surface area (Å²) < 4.78 is 22.4. The summed E-state index contributed by atoms with van der Waals surface area (Å²) in [5, 5.41) is 10.9. The molecule has 5 N–H and O–H groups in total. The quantitative estimate of drug-likeness (QED) is 0.471. The van der Waals surface area contributed by atoms with Crippen molar-refractivity contribution in [3.05, 3.63) is 52.0 Å². The van der Waals surface area contributed by atoms with Gasteiger partial charge >= 0.3 is 0 Å². The highest BCUT2D eigenvalue weighted by molar-refractivity contribution is 7.89. The second-order valence-corrected chi connectivity index (χ2v) is 7.15. The zero-order valence-electron chi connectivity index (χ0n) is 12.3. The Morgan fingerprint density at radius 2 is 2.00 bits per heavy atom. The maximum atomic E-state index is 12.0. The van der Waals surface area contributed by atoms with E-state index in [1.54, 1.807) is 24.3 Å². The molecule has 0 radical (unpaired) electrons. The minimum Gasteiger partial charge on any atom is -0.360 e. The third kappa shape index (κ3) is 3.58. The molecule has 24 heavy (non-hydrogen) atoms. The van der Waals surface area contributed by atoms with Crippen LogP contribution in [0.25, 0.3) is 6.08 Å². The van der Waals surface area contributed by atoms with Gasteiger partial charge < -0.3 is 10.6 Å². The molecule has 1 atom stereocenters. The van der Waals surface area contributed by atoms with Crippen molar-refractivity contribution in [2.24, 2.45) is 5.14 Å². The molecule has 0 bridgehead atoms. The Balaban J connectivity index is 1.75. The zero-order chi connectivity index (χ0) is 17.3. The van der Waals surface area contributed by atoms with Gasteiger partial charge in [-0.25, -0.2) is 18.5 Å². The minimum atomic E-state index is -3.71. The lowest BCUT2D eigenvalue weighted by molar-refractivity contribution is 0.598. The number of rotatable bonds is 4. The smallest absolute Gasteiger partial charge is 0.276 e. The van der Waals surface area contributed by atoms with Gasteiger partial charge in [-0.2, -0.15) is 0 Å². The van der Waals surface area contributed by atoms with Crippen LogP contribution in [0.1, 0.15) is 11.3 Å². The maximum Gasteiger partial charge on any atom is 0.276 e. The molecule has 1 aliphatic rings. The van der Waals surface area contributed by atoms with Gasteiger partial charge in [0, 0.05) is 6.54 Å². The van der Waals surface area contributed by atoms with Gasteiger partial charge in [0.25, 0.3) is 5.56 Å². The van der Waals surface area contributed by atoms with E-state index in [1.807, 2.05) is 0 Å². The molecule has 1 aromatic carbocycles. The minimum absolute atomic E-state index is 0.0402. The number of hydrogen-bond acceptors (Lipinski definition) is 6. The number of aromatic nitrogens is 2. The molecule has 0 saturated heterocycles. The molecule has 0 fully saturated rings. The van der Waals surface area contributed by atoms with Crippen LogP contribution >= 0.6 is 11.6 Å². The normalized spacial score (nSPS) is 16.3. The van der Waals surface area contributed by atoms with E-state index in [2.05, 4.69) is 20.6 Å². The fraction of sp³-hybridized carbons (Fsp3) is 0.143. The summed E-state index contributed by atoms with van der Waals surface area (Å²) in [6.45, 7) is 0.349. The van der Waals surface area contributed by atoms with Crippen molar-refractivity contribution in [1.82, 2.24) is 9.97 Å². The Bertz CT molecular complexity index is 953. The lowest BCUT2D eigenvalue weighted by Crippen LogP contribution is -2.24. The lowest BCUT2D eigenvalue weighted by Gasteiger charge is -2.16. The van der Waals surface area contributed by atoms with Crippen molar-refractivity contribution < 1.29 is 8.42 Å². The number of nitrogens with one attached hydrogen (secondary N) is 3. The monoisotopic (exact) mass is 367 g/mol. The number of anilines is 2. The summed E-state index contributed by atoms with van der Waals surface area (Å²) in [4.78, 5) is 19.0. The molecule has 0 saturated carbocycles. The van der Waals surface area contributed by atoms with Gasteiger partial charge in [-0.15, -0.1) is 0 Å². The number of primary sulfonamides is 1. The highest BCUT2D eigenvalue weighted by Crippen LogP contribution is 2.19. The SMILES string of the molecule is NS(=O)(=O)c1ccc(CNc2nc3c(c(=O)[nH]2)NC(Cl)C=C3)cc1. The van der Waals surface area contributed by atoms with E-state index in [9.17, 15) is 13.2 Å². The van der Waals surface area contributed by atoms with Gasteiger partial charge in [-0.3, -0.25) is 9.78 Å². The van der Waals surface area contributed by atoms with E-state index < -0.39 is 15.5 Å². The predicted octanol–water partition coefficient (Wildman–Crippen LogP) is 1.03. The molecule has 0 spiro atoms. The molecule has 126 valence electrons. The number of benzene rings is 1. The topological polar surface area (TPSA) is 130 Å². The molecular formula is C14H14ClN5O3S. The Morgan fingerprint density at radius 1 is 1.29 bits per heavy atom. The number of alkyl halides is 1. The highest BCUT2D eigenvalue weighted by atomic mass is 35.5. The average Bonchev–Trinajstić information content (AvgIpc) is 2.53. The molecule has 3 rings (SSSR count). The van der Waals surface area contributed by atoms with Crippen LogP contribution in [0, 0.1) is 0 Å². The Kier molecular flexibility index (Phi) is 4.31. The Hall–Kier alpha value is -2.36. The van der Waals surface area contributed by atoms with Crippen molar-refractivity contribution in [2.45, 2.75) is 16.9 Å². The van der Waals surface area contributed by atoms with Crippen LogP contribution in [-0.2, 0) is 16.6 Å². The van der Waals surface area contributed by atoms with Crippen molar-refractivity contribution in [3.8, 4) is 0 Å². The van der Waals surface area contributed by atoms with Gasteiger partial charge in [0.2, 0.25) is 16.0 Å². The van der Waals surface area contributed by atoms with Gasteiger partial charge in [-0.1, -0.05) is 23.7 Å². The predicted molar refractivity (Wildman–Crippen MR) is 92.3 cm³/mol. The number of aromatic amines is 1. The Morgan fingerprint density at radius 3 is 2.67 bits per heavy atom. The van der Waals surface area contributed by atoms with Crippen LogP contribution in [0.5, 0.6) is 0 Å². The number of sulfonamides is 1. The molecule has 1 aliphatic heterocycles. The van der Waals surface area contributed by atoms with Crippen LogP contribution in [0.4, 0.5) is 11.6 Å². The van der Waals surface area contributed by atoms with E-state index in [0.29, 0.717) is 23.9 Å². The maximum absolute atomic E-state index is 12.0. The van der Waals surface area contributed by atoms with E-state index in [1.165, 1.54) is 12.1 Å². The van der Waals surface area contributed by atoms with Crippen LogP contribution in [0.2, 0.25) is 0 Å². The molecule has 2 heterocycles. The second kappa shape index (κ2) is 6.27. The third-order valence-electron chi connectivity index (χ3n) is 3.36. The number of halogens is 1. The first-order chi connectivity index (χ1) is 11.3. The van der Waals surface area contributed by atoms with Gasteiger partial charge in [0.05, 0.1) is 10.6 Å². The Labute approximate surface area is 142 Å². The number of hydrogen-bond donors (Lipinski definition) is 4. The number of H-pyrrole nitrogens is 1. The summed E-state index contributed by atoms with van der Waals surface area (Å²) >= 11 is 5.90. The molecule has 1 aromatic heterocycles.